The van der Waals surface area contributed by atoms with Gasteiger partial charge in [0.15, 0.2) is 5.78 Å². The van der Waals surface area contributed by atoms with Crippen LogP contribution in [-0.2, 0) is 0 Å². The van der Waals surface area contributed by atoms with Gasteiger partial charge in [-0.05, 0) is 18.7 Å². The number of hydrogen-bond acceptors (Lipinski definition) is 4. The Balaban J connectivity index is 3.47. The lowest BCUT2D eigenvalue weighted by atomic mass is 10.1. The number of nitro groups is 1. The maximum Gasteiger partial charge on any atom is 0.265 e. The van der Waals surface area contributed by atoms with Crippen LogP contribution in [0.15, 0.2) is 12.1 Å². The zero-order chi connectivity index (χ0) is 10.9. The average molecular weight is 198 g/mol. The lowest BCUT2D eigenvalue weighted by Crippen LogP contribution is -2.06. The first kappa shape index (κ1) is 10.1. The molecule has 0 aliphatic rings. The van der Waals surface area contributed by atoms with Gasteiger partial charge in [0, 0.05) is 5.56 Å². The Bertz CT molecular complexity index is 381. The Morgan fingerprint density at radius 3 is 2.50 bits per heavy atom. The largest absolute Gasteiger partial charge is 0.867 e. The van der Waals surface area contributed by atoms with E-state index in [9.17, 15) is 24.4 Å². The van der Waals surface area contributed by atoms with Crippen molar-refractivity contribution >= 4 is 11.5 Å². The van der Waals surface area contributed by atoms with Crippen molar-refractivity contribution in [1.29, 1.82) is 0 Å². The Morgan fingerprint density at radius 2 is 2.07 bits per heavy atom. The van der Waals surface area contributed by atoms with Crippen LogP contribution < -0.4 is 5.11 Å². The van der Waals surface area contributed by atoms with Crippen molar-refractivity contribution in [2.45, 2.75) is 6.92 Å². The van der Waals surface area contributed by atoms with Crippen LogP contribution in [0.1, 0.15) is 17.3 Å². The van der Waals surface area contributed by atoms with Crippen molar-refractivity contribution in [2.75, 3.05) is 0 Å². The van der Waals surface area contributed by atoms with E-state index in [1.165, 1.54) is 0 Å². The molecule has 0 amide bonds. The molecular weight excluding hydrogens is 193 g/mol. The fourth-order valence-corrected chi connectivity index (χ4v) is 0.976. The van der Waals surface area contributed by atoms with Gasteiger partial charge in [0.2, 0.25) is 0 Å². The van der Waals surface area contributed by atoms with Gasteiger partial charge in [-0.2, -0.15) is 0 Å². The number of nitro benzene ring substituents is 1. The first-order valence-electron chi connectivity index (χ1n) is 3.59. The molecule has 14 heavy (non-hydrogen) atoms. The third-order valence-electron chi connectivity index (χ3n) is 1.61. The van der Waals surface area contributed by atoms with Crippen molar-refractivity contribution < 1.29 is 19.2 Å². The molecule has 1 aromatic rings. The third kappa shape index (κ3) is 1.68. The molecule has 1 rings (SSSR count). The lowest BCUT2D eigenvalue weighted by molar-refractivity contribution is -0.398. The van der Waals surface area contributed by atoms with Crippen LogP contribution in [0.3, 0.4) is 0 Å². The minimum absolute atomic E-state index is 0.495. The van der Waals surface area contributed by atoms with Crippen LogP contribution in [0.25, 0.3) is 0 Å². The molecule has 0 fully saturated rings. The van der Waals surface area contributed by atoms with Crippen molar-refractivity contribution in [3.05, 3.63) is 33.6 Å². The minimum Gasteiger partial charge on any atom is -0.867 e. The number of benzene rings is 1. The zero-order valence-electron chi connectivity index (χ0n) is 7.11. The molecule has 0 aromatic heterocycles. The van der Waals surface area contributed by atoms with Gasteiger partial charge in [-0.25, -0.2) is 4.39 Å². The molecule has 0 radical (unpaired) electrons. The number of ketones is 1. The number of carbonyl (C=O) groups excluding carboxylic acids is 1. The highest BCUT2D eigenvalue weighted by Crippen LogP contribution is 2.28. The highest BCUT2D eigenvalue weighted by atomic mass is 19.1. The van der Waals surface area contributed by atoms with E-state index in [0.717, 1.165) is 6.92 Å². The molecule has 74 valence electrons. The minimum atomic E-state index is -1.05. The number of nitrogens with zero attached hydrogens (tertiary/aromatic N) is 1. The number of rotatable bonds is 2. The monoisotopic (exact) mass is 198 g/mol. The van der Waals surface area contributed by atoms with Gasteiger partial charge in [-0.15, -0.1) is 0 Å². The van der Waals surface area contributed by atoms with Gasteiger partial charge < -0.3 is 5.11 Å². The van der Waals surface area contributed by atoms with Crippen molar-refractivity contribution in [2.24, 2.45) is 0 Å². The fraction of sp³-hybridized carbons (Fsp3) is 0.125. The second kappa shape index (κ2) is 3.41. The predicted octanol–water partition coefficient (Wildman–Crippen LogP) is 1.01. The summed E-state index contributed by atoms with van der Waals surface area (Å²) in [5.41, 5.74) is -1.42. The van der Waals surface area contributed by atoms with Gasteiger partial charge in [-0.1, -0.05) is 0 Å². The van der Waals surface area contributed by atoms with Crippen LogP contribution in [-0.4, -0.2) is 10.7 Å². The summed E-state index contributed by atoms with van der Waals surface area (Å²) in [5, 5.41) is 21.5. The van der Waals surface area contributed by atoms with E-state index in [4.69, 9.17) is 0 Å². The van der Waals surface area contributed by atoms with Crippen molar-refractivity contribution in [1.82, 2.24) is 0 Å². The summed E-state index contributed by atoms with van der Waals surface area (Å²) in [6.07, 6.45) is 0. The Kier molecular flexibility index (Phi) is 2.46. The molecule has 0 saturated heterocycles. The van der Waals surface area contributed by atoms with E-state index in [1.54, 1.807) is 0 Å². The zero-order valence-corrected chi connectivity index (χ0v) is 7.11. The molecule has 0 spiro atoms. The highest BCUT2D eigenvalue weighted by Gasteiger charge is 2.14. The molecule has 0 saturated carbocycles. The van der Waals surface area contributed by atoms with Crippen molar-refractivity contribution in [3.8, 4) is 5.75 Å². The smallest absolute Gasteiger partial charge is 0.265 e. The summed E-state index contributed by atoms with van der Waals surface area (Å²) in [6.45, 7) is 1.04. The van der Waals surface area contributed by atoms with Gasteiger partial charge in [0.05, 0.1) is 11.0 Å². The van der Waals surface area contributed by atoms with E-state index in [2.05, 4.69) is 0 Å². The number of halogens is 1. The van der Waals surface area contributed by atoms with Gasteiger partial charge in [0.25, 0.3) is 5.69 Å². The summed E-state index contributed by atoms with van der Waals surface area (Å²) >= 11 is 0. The summed E-state index contributed by atoms with van der Waals surface area (Å²) in [5.74, 6) is -2.72. The normalized spacial score (nSPS) is 9.86. The van der Waals surface area contributed by atoms with E-state index in [1.807, 2.05) is 0 Å². The van der Waals surface area contributed by atoms with E-state index in [0.29, 0.717) is 12.1 Å². The molecule has 0 bridgehead atoms. The summed E-state index contributed by atoms with van der Waals surface area (Å²) < 4.78 is 12.7. The fourth-order valence-electron chi connectivity index (χ4n) is 0.976. The van der Waals surface area contributed by atoms with Gasteiger partial charge in [-0.3, -0.25) is 14.9 Å². The third-order valence-corrected chi connectivity index (χ3v) is 1.61. The van der Waals surface area contributed by atoms with Crippen LogP contribution in [0, 0.1) is 15.9 Å². The van der Waals surface area contributed by atoms with Gasteiger partial charge in [0.1, 0.15) is 5.82 Å². The molecule has 0 aliphatic heterocycles. The quantitative estimate of drug-likeness (QED) is 0.403. The number of hydrogen-bond donors (Lipinski definition) is 0. The maximum atomic E-state index is 12.7. The van der Waals surface area contributed by atoms with Crippen LogP contribution >= 0.6 is 0 Å². The second-order valence-electron chi connectivity index (χ2n) is 2.61. The van der Waals surface area contributed by atoms with E-state index >= 15 is 0 Å². The molecule has 0 unspecified atom stereocenters. The molecule has 0 atom stereocenters. The van der Waals surface area contributed by atoms with Crippen molar-refractivity contribution in [3.63, 3.8) is 0 Å². The Morgan fingerprint density at radius 1 is 1.50 bits per heavy atom. The summed E-state index contributed by atoms with van der Waals surface area (Å²) in [6, 6.07) is 1.19. The molecule has 0 N–H and O–H groups in total. The molecule has 1 aromatic carbocycles. The van der Waals surface area contributed by atoms with Crippen LogP contribution in [0.2, 0.25) is 0 Å². The summed E-state index contributed by atoms with van der Waals surface area (Å²) in [7, 11) is 0. The first-order chi connectivity index (χ1) is 6.43. The molecule has 6 heteroatoms. The van der Waals surface area contributed by atoms with E-state index in [-0.39, 0.29) is 0 Å². The number of Topliss-reactive ketones (excluding diaryl/α,β-unsaturated/α-hetero) is 1. The van der Waals surface area contributed by atoms with E-state index < -0.39 is 33.5 Å². The molecule has 0 heterocycles. The van der Waals surface area contributed by atoms with Gasteiger partial charge >= 0.3 is 0 Å². The Labute approximate surface area is 77.9 Å². The first-order valence-corrected chi connectivity index (χ1v) is 3.59. The SMILES string of the molecule is CC(=O)c1cc(F)cc([N+](=O)[O-])c1[O-]. The molecule has 0 aliphatic carbocycles. The topological polar surface area (TPSA) is 83.3 Å². The van der Waals surface area contributed by atoms with Crippen LogP contribution in [0.4, 0.5) is 10.1 Å². The Hall–Kier alpha value is -1.98. The molecule has 5 nitrogen and oxygen atoms in total. The highest BCUT2D eigenvalue weighted by molar-refractivity contribution is 5.97. The standard InChI is InChI=1S/C8H6FNO4/c1-4(11)6-2-5(9)3-7(8(6)12)10(13)14/h2-3,12H,1H3/p-1. The second-order valence-corrected chi connectivity index (χ2v) is 2.61. The predicted molar refractivity (Wildman–Crippen MR) is 42.5 cm³/mol. The number of carbonyl (C=O) groups is 1. The van der Waals surface area contributed by atoms with Crippen LogP contribution in [0.5, 0.6) is 5.75 Å². The maximum absolute atomic E-state index is 12.7. The summed E-state index contributed by atoms with van der Waals surface area (Å²) in [4.78, 5) is 20.1. The average Bonchev–Trinajstić information content (AvgIpc) is 2.07. The molecular formula is C8H5FNO4-. The lowest BCUT2D eigenvalue weighted by Gasteiger charge is -2.10.